The highest BCUT2D eigenvalue weighted by atomic mass is 16.5. The highest BCUT2D eigenvalue weighted by Gasteiger charge is 2.39. The quantitative estimate of drug-likeness (QED) is 0.803. The lowest BCUT2D eigenvalue weighted by Crippen LogP contribution is -2.58. The number of amides is 2. The van der Waals surface area contributed by atoms with Crippen LogP contribution < -0.4 is 0 Å². The lowest BCUT2D eigenvalue weighted by Gasteiger charge is -2.43. The molecule has 5 heteroatoms. The average Bonchev–Trinajstić information content (AvgIpc) is 2.48. The molecule has 0 unspecified atom stereocenters. The molecule has 2 fully saturated rings. The number of urea groups is 1. The first-order chi connectivity index (χ1) is 10.1. The molecule has 1 heterocycles. The molecule has 0 N–H and O–H groups in total. The van der Waals surface area contributed by atoms with E-state index in [0.29, 0.717) is 38.5 Å². The number of Topliss-reactive ketones (excluding diaryl/α,β-unsaturated/α-hetero) is 1. The summed E-state index contributed by atoms with van der Waals surface area (Å²) in [5.41, 5.74) is 0. The van der Waals surface area contributed by atoms with Crippen molar-refractivity contribution in [1.29, 1.82) is 0 Å². The Morgan fingerprint density at radius 2 is 2.19 bits per heavy atom. The Morgan fingerprint density at radius 3 is 2.81 bits per heavy atom. The lowest BCUT2D eigenvalue weighted by atomic mass is 9.82. The molecule has 1 aliphatic heterocycles. The van der Waals surface area contributed by atoms with Crippen molar-refractivity contribution in [2.24, 2.45) is 5.92 Å². The van der Waals surface area contributed by atoms with Crippen LogP contribution in [0, 0.1) is 5.92 Å². The van der Waals surface area contributed by atoms with Gasteiger partial charge in [0, 0.05) is 31.5 Å². The Balaban J connectivity index is 2.14. The summed E-state index contributed by atoms with van der Waals surface area (Å²) in [6.45, 7) is 8.41. The van der Waals surface area contributed by atoms with Gasteiger partial charge in [-0.15, -0.1) is 0 Å². The van der Waals surface area contributed by atoms with Gasteiger partial charge >= 0.3 is 6.03 Å². The summed E-state index contributed by atoms with van der Waals surface area (Å²) in [5, 5.41) is 0. The molecular weight excluding hydrogens is 268 g/mol. The van der Waals surface area contributed by atoms with Crippen molar-refractivity contribution in [1.82, 2.24) is 9.80 Å². The van der Waals surface area contributed by atoms with Crippen LogP contribution in [0.2, 0.25) is 0 Å². The molecule has 21 heavy (non-hydrogen) atoms. The summed E-state index contributed by atoms with van der Waals surface area (Å²) in [4.78, 5) is 28.8. The highest BCUT2D eigenvalue weighted by molar-refractivity contribution is 5.83. The minimum atomic E-state index is -0.0770. The number of ketones is 1. The number of nitrogens with zero attached hydrogens (tertiary/aromatic N) is 2. The average molecular weight is 296 g/mol. The lowest BCUT2D eigenvalue weighted by molar-refractivity contribution is -0.129. The van der Waals surface area contributed by atoms with Gasteiger partial charge in [0.1, 0.15) is 5.78 Å². The number of ether oxygens (including phenoxy) is 1. The van der Waals surface area contributed by atoms with Crippen LogP contribution in [0.15, 0.2) is 0 Å². The van der Waals surface area contributed by atoms with Crippen molar-refractivity contribution < 1.29 is 14.3 Å². The predicted molar refractivity (Wildman–Crippen MR) is 81.2 cm³/mol. The topological polar surface area (TPSA) is 49.9 Å². The van der Waals surface area contributed by atoms with Crippen LogP contribution in [-0.4, -0.2) is 60.0 Å². The highest BCUT2D eigenvalue weighted by Crippen LogP contribution is 2.28. The van der Waals surface area contributed by atoms with Gasteiger partial charge in [0.25, 0.3) is 0 Å². The van der Waals surface area contributed by atoms with Gasteiger partial charge in [-0.25, -0.2) is 4.79 Å². The summed E-state index contributed by atoms with van der Waals surface area (Å²) in [5.74, 6) is 0.274. The molecule has 5 nitrogen and oxygen atoms in total. The van der Waals surface area contributed by atoms with Crippen LogP contribution >= 0.6 is 0 Å². The molecule has 2 aliphatic rings. The third kappa shape index (κ3) is 3.57. The van der Waals surface area contributed by atoms with E-state index in [1.807, 2.05) is 30.6 Å². The van der Waals surface area contributed by atoms with Gasteiger partial charge in [-0.05, 0) is 33.6 Å². The van der Waals surface area contributed by atoms with Crippen LogP contribution in [0.5, 0.6) is 0 Å². The Hall–Kier alpha value is -1.10. The zero-order chi connectivity index (χ0) is 15.4. The fraction of sp³-hybridized carbons (Fsp3) is 0.875. The van der Waals surface area contributed by atoms with E-state index in [2.05, 4.69) is 0 Å². The number of rotatable bonds is 3. The third-order valence-corrected chi connectivity index (χ3v) is 4.69. The van der Waals surface area contributed by atoms with Crippen molar-refractivity contribution in [2.75, 3.05) is 26.3 Å². The molecule has 0 radical (unpaired) electrons. The minimum Gasteiger partial charge on any atom is -0.377 e. The van der Waals surface area contributed by atoms with Gasteiger partial charge in [0.15, 0.2) is 0 Å². The SMILES string of the molecule is CCN(C(=O)N1CCOC[C@H]1[C@@H]1CCCCC1=O)C(C)C. The van der Waals surface area contributed by atoms with Crippen LogP contribution in [0.25, 0.3) is 0 Å². The van der Waals surface area contributed by atoms with Crippen molar-refractivity contribution in [3.8, 4) is 0 Å². The second-order valence-electron chi connectivity index (χ2n) is 6.32. The minimum absolute atomic E-state index is 0.0335. The summed E-state index contributed by atoms with van der Waals surface area (Å²) >= 11 is 0. The van der Waals surface area contributed by atoms with E-state index >= 15 is 0 Å². The van der Waals surface area contributed by atoms with E-state index in [9.17, 15) is 9.59 Å². The Labute approximate surface area is 127 Å². The van der Waals surface area contributed by atoms with E-state index in [4.69, 9.17) is 4.74 Å². The third-order valence-electron chi connectivity index (χ3n) is 4.69. The smallest absolute Gasteiger partial charge is 0.320 e. The van der Waals surface area contributed by atoms with Crippen LogP contribution in [0.1, 0.15) is 46.5 Å². The van der Waals surface area contributed by atoms with Crippen molar-refractivity contribution in [3.05, 3.63) is 0 Å². The zero-order valence-electron chi connectivity index (χ0n) is 13.5. The second kappa shape index (κ2) is 7.25. The maximum Gasteiger partial charge on any atom is 0.320 e. The molecule has 2 amide bonds. The Morgan fingerprint density at radius 1 is 1.43 bits per heavy atom. The van der Waals surface area contributed by atoms with Crippen LogP contribution in [0.3, 0.4) is 0 Å². The molecule has 1 saturated carbocycles. The van der Waals surface area contributed by atoms with Gasteiger partial charge in [0.2, 0.25) is 0 Å². The maximum atomic E-state index is 12.8. The summed E-state index contributed by atoms with van der Waals surface area (Å²) in [6.07, 6.45) is 3.62. The summed E-state index contributed by atoms with van der Waals surface area (Å²) in [7, 11) is 0. The largest absolute Gasteiger partial charge is 0.377 e. The Kier molecular flexibility index (Phi) is 5.62. The summed E-state index contributed by atoms with van der Waals surface area (Å²) < 4.78 is 5.57. The monoisotopic (exact) mass is 296 g/mol. The van der Waals surface area contributed by atoms with Crippen LogP contribution in [-0.2, 0) is 9.53 Å². The van der Waals surface area contributed by atoms with E-state index in [-0.39, 0.29) is 24.0 Å². The van der Waals surface area contributed by atoms with Gasteiger partial charge < -0.3 is 14.5 Å². The fourth-order valence-electron chi connectivity index (χ4n) is 3.50. The van der Waals surface area contributed by atoms with Gasteiger partial charge in [-0.2, -0.15) is 0 Å². The van der Waals surface area contributed by atoms with E-state index in [1.54, 1.807) is 0 Å². The molecule has 120 valence electrons. The first kappa shape index (κ1) is 16.3. The molecule has 0 aromatic carbocycles. The first-order valence-electron chi connectivity index (χ1n) is 8.24. The van der Waals surface area contributed by atoms with Gasteiger partial charge in [-0.3, -0.25) is 4.79 Å². The molecular formula is C16H28N2O3. The second-order valence-corrected chi connectivity index (χ2v) is 6.32. The fourth-order valence-corrected chi connectivity index (χ4v) is 3.50. The van der Waals surface area contributed by atoms with Crippen molar-refractivity contribution in [2.45, 2.75) is 58.5 Å². The van der Waals surface area contributed by atoms with Gasteiger partial charge in [0.05, 0.1) is 19.3 Å². The van der Waals surface area contributed by atoms with E-state index in [0.717, 1.165) is 19.3 Å². The standard InChI is InChI=1S/C16H28N2O3/c1-4-17(12(2)3)16(20)18-9-10-21-11-14(18)13-7-5-6-8-15(13)19/h12-14H,4-11H2,1-3H3/t13-,14-/m0/s1. The van der Waals surface area contributed by atoms with Crippen molar-refractivity contribution >= 4 is 11.8 Å². The molecule has 0 spiro atoms. The molecule has 1 aliphatic carbocycles. The van der Waals surface area contributed by atoms with Crippen LogP contribution in [0.4, 0.5) is 4.79 Å². The molecule has 0 bridgehead atoms. The number of hydrogen-bond donors (Lipinski definition) is 0. The zero-order valence-corrected chi connectivity index (χ0v) is 13.5. The number of carbonyl (C=O) groups excluding carboxylic acids is 2. The van der Waals surface area contributed by atoms with E-state index < -0.39 is 0 Å². The maximum absolute atomic E-state index is 12.8. The molecule has 1 saturated heterocycles. The van der Waals surface area contributed by atoms with Crippen molar-refractivity contribution in [3.63, 3.8) is 0 Å². The predicted octanol–water partition coefficient (Wildman–Crippen LogP) is 2.30. The number of carbonyl (C=O) groups is 2. The van der Waals surface area contributed by atoms with Gasteiger partial charge in [-0.1, -0.05) is 6.42 Å². The molecule has 0 aromatic heterocycles. The Bertz CT molecular complexity index is 384. The van der Waals surface area contributed by atoms with E-state index in [1.165, 1.54) is 0 Å². The normalized spacial score (nSPS) is 27.0. The molecule has 2 atom stereocenters. The number of morpholine rings is 1. The summed E-state index contributed by atoms with van der Waals surface area (Å²) in [6, 6.07) is 0.152. The molecule has 0 aromatic rings. The number of hydrogen-bond acceptors (Lipinski definition) is 3. The molecule has 2 rings (SSSR count). The first-order valence-corrected chi connectivity index (χ1v) is 8.24.